The van der Waals surface area contributed by atoms with Crippen LogP contribution in [0.1, 0.15) is 70.4 Å². The van der Waals surface area contributed by atoms with Crippen molar-refractivity contribution < 1.29 is 15.3 Å². The number of benzene rings is 1. The van der Waals surface area contributed by atoms with Gasteiger partial charge in [0.2, 0.25) is 0 Å². The molecule has 0 heterocycles. The topological polar surface area (TPSA) is 60.7 Å². The monoisotopic (exact) mass is 426 g/mol. The Morgan fingerprint density at radius 2 is 1.83 bits per heavy atom. The van der Waals surface area contributed by atoms with E-state index < -0.39 is 19.8 Å². The van der Waals surface area contributed by atoms with Gasteiger partial charge in [-0.1, -0.05) is 39.7 Å². The van der Waals surface area contributed by atoms with Gasteiger partial charge in [-0.25, -0.2) is 0 Å². The molecule has 4 heteroatoms. The number of rotatable bonds is 3. The van der Waals surface area contributed by atoms with Gasteiger partial charge in [-0.05, 0) is 85.3 Å². The summed E-state index contributed by atoms with van der Waals surface area (Å²) in [5.41, 5.74) is 4.70. The molecule has 0 radical (unpaired) electrons. The zero-order valence-electron chi connectivity index (χ0n) is 19.0. The maximum Gasteiger partial charge on any atom is 0.137 e. The summed E-state index contributed by atoms with van der Waals surface area (Å²) in [5.74, 6) is 4.63. The van der Waals surface area contributed by atoms with Gasteiger partial charge in [0, 0.05) is 11.3 Å². The van der Waals surface area contributed by atoms with E-state index in [2.05, 4.69) is 39.2 Å². The third kappa shape index (κ3) is 3.17. The smallest absolute Gasteiger partial charge is 0.137 e. The van der Waals surface area contributed by atoms with E-state index in [1.54, 1.807) is 6.07 Å². The lowest BCUT2D eigenvalue weighted by molar-refractivity contribution is -0.107. The van der Waals surface area contributed by atoms with E-state index in [1.807, 2.05) is 12.1 Å². The summed E-state index contributed by atoms with van der Waals surface area (Å²) in [6, 6.07) is 9.05. The first-order chi connectivity index (χ1) is 14.2. The van der Waals surface area contributed by atoms with Crippen molar-refractivity contribution in [3.8, 4) is 17.2 Å². The van der Waals surface area contributed by atoms with Crippen LogP contribution in [0.25, 0.3) is 0 Å². The van der Waals surface area contributed by atoms with E-state index in [4.69, 9.17) is 0 Å². The molecule has 1 aromatic rings. The summed E-state index contributed by atoms with van der Waals surface area (Å²) >= 11 is 0. The van der Waals surface area contributed by atoms with Crippen LogP contribution in [0.15, 0.2) is 18.2 Å². The lowest BCUT2D eigenvalue weighted by Crippen LogP contribution is -2.54. The number of phenolic OH excluding ortho intramolecular Hbond substituents is 1. The van der Waals surface area contributed by atoms with Gasteiger partial charge in [-0.15, -0.1) is 5.54 Å². The zero-order chi connectivity index (χ0) is 21.7. The SMILES string of the molecule is CC[Si](C#C[C@]1(O)CC[C@H]2[C@@H]3CCc4cc(O)ccc4[C@H]3[C@@H](O)C[C@@]21C)(CC)CC. The van der Waals surface area contributed by atoms with E-state index in [-0.39, 0.29) is 11.3 Å². The lowest BCUT2D eigenvalue weighted by Gasteiger charge is -2.54. The fourth-order valence-corrected chi connectivity index (χ4v) is 9.61. The second kappa shape index (κ2) is 7.69. The molecule has 3 nitrogen and oxygen atoms in total. The van der Waals surface area contributed by atoms with Crippen molar-refractivity contribution in [2.75, 3.05) is 0 Å². The number of aliphatic hydroxyl groups is 2. The van der Waals surface area contributed by atoms with Crippen LogP contribution in [-0.4, -0.2) is 35.1 Å². The molecule has 0 bridgehead atoms. The molecule has 3 aliphatic rings. The molecule has 0 aliphatic heterocycles. The van der Waals surface area contributed by atoms with Crippen LogP contribution in [0.2, 0.25) is 18.1 Å². The van der Waals surface area contributed by atoms with Crippen LogP contribution in [0, 0.1) is 28.7 Å². The molecule has 6 atom stereocenters. The molecule has 3 aliphatic carbocycles. The third-order valence-corrected chi connectivity index (χ3v) is 14.1. The van der Waals surface area contributed by atoms with E-state index in [0.29, 0.717) is 24.0 Å². The molecule has 30 heavy (non-hydrogen) atoms. The van der Waals surface area contributed by atoms with Gasteiger partial charge in [0.05, 0.1) is 6.10 Å². The Morgan fingerprint density at radius 1 is 1.13 bits per heavy atom. The second-order valence-corrected chi connectivity index (χ2v) is 15.3. The normalized spacial score (nSPS) is 37.5. The molecule has 0 aromatic heterocycles. The Balaban J connectivity index is 1.69. The fraction of sp³-hybridized carbons (Fsp3) is 0.692. The number of hydrogen-bond acceptors (Lipinski definition) is 3. The maximum atomic E-state index is 11.8. The van der Waals surface area contributed by atoms with Crippen molar-refractivity contribution in [2.45, 2.75) is 95.6 Å². The molecular weight excluding hydrogens is 388 g/mol. The number of phenols is 1. The van der Waals surface area contributed by atoms with Gasteiger partial charge < -0.3 is 15.3 Å². The van der Waals surface area contributed by atoms with Gasteiger partial charge in [0.15, 0.2) is 0 Å². The molecule has 2 fully saturated rings. The highest BCUT2D eigenvalue weighted by Gasteiger charge is 2.63. The molecule has 0 saturated heterocycles. The molecule has 1 aromatic carbocycles. The van der Waals surface area contributed by atoms with Crippen molar-refractivity contribution >= 4 is 8.07 Å². The molecule has 4 rings (SSSR count). The Bertz CT molecular complexity index is 859. The quantitative estimate of drug-likeness (QED) is 0.471. The van der Waals surface area contributed by atoms with Crippen LogP contribution >= 0.6 is 0 Å². The third-order valence-electron chi connectivity index (χ3n) is 9.40. The Morgan fingerprint density at radius 3 is 2.50 bits per heavy atom. The zero-order valence-corrected chi connectivity index (χ0v) is 20.0. The number of aromatic hydroxyl groups is 1. The molecule has 3 N–H and O–H groups in total. The van der Waals surface area contributed by atoms with Crippen LogP contribution in [0.5, 0.6) is 5.75 Å². The van der Waals surface area contributed by atoms with Crippen LogP contribution in [0.4, 0.5) is 0 Å². The lowest BCUT2D eigenvalue weighted by atomic mass is 9.52. The van der Waals surface area contributed by atoms with Crippen molar-refractivity contribution in [3.05, 3.63) is 29.3 Å². The highest BCUT2D eigenvalue weighted by atomic mass is 28.3. The second-order valence-electron chi connectivity index (χ2n) is 10.4. The minimum Gasteiger partial charge on any atom is -0.508 e. The number of hydrogen-bond donors (Lipinski definition) is 3. The van der Waals surface area contributed by atoms with Crippen molar-refractivity contribution in [1.29, 1.82) is 0 Å². The number of fused-ring (bicyclic) bond motifs is 5. The molecular formula is C26H38O3Si. The standard InChI is InChI=1S/C26H38O3Si/c1-5-30(6-2,7-3)15-14-26(29)13-12-22-21-10-8-18-16-19(27)9-11-20(18)24(21)23(28)17-25(22,26)4/h9,11,16,21-24,27-29H,5-8,10,12-13,17H2,1-4H3/t21-,22-,23-,24+,25-,26+/m0/s1. The Kier molecular flexibility index (Phi) is 5.62. The molecule has 164 valence electrons. The van der Waals surface area contributed by atoms with E-state index in [0.717, 1.165) is 43.8 Å². The summed E-state index contributed by atoms with van der Waals surface area (Å²) < 4.78 is 0. The van der Waals surface area contributed by atoms with Gasteiger partial charge in [0.25, 0.3) is 0 Å². The van der Waals surface area contributed by atoms with Crippen molar-refractivity contribution in [2.24, 2.45) is 17.3 Å². The highest BCUT2D eigenvalue weighted by Crippen LogP contribution is 2.64. The average molecular weight is 427 g/mol. The Labute approximate surface area is 182 Å². The number of aliphatic hydroxyl groups excluding tert-OH is 1. The van der Waals surface area contributed by atoms with Crippen LogP contribution in [0.3, 0.4) is 0 Å². The summed E-state index contributed by atoms with van der Waals surface area (Å²) in [5, 5.41) is 33.0. The van der Waals surface area contributed by atoms with Gasteiger partial charge >= 0.3 is 0 Å². The average Bonchev–Trinajstić information content (AvgIpc) is 3.00. The van der Waals surface area contributed by atoms with E-state index >= 15 is 0 Å². The predicted octanol–water partition coefficient (Wildman–Crippen LogP) is 5.00. The van der Waals surface area contributed by atoms with E-state index in [1.165, 1.54) is 11.1 Å². The largest absolute Gasteiger partial charge is 0.508 e. The number of aryl methyl sites for hydroxylation is 1. The van der Waals surface area contributed by atoms with Crippen molar-refractivity contribution in [1.82, 2.24) is 0 Å². The molecule has 0 amide bonds. The summed E-state index contributed by atoms with van der Waals surface area (Å²) in [7, 11) is -1.63. The van der Waals surface area contributed by atoms with Crippen LogP contribution in [-0.2, 0) is 6.42 Å². The van der Waals surface area contributed by atoms with Gasteiger partial charge in [0.1, 0.15) is 19.4 Å². The highest BCUT2D eigenvalue weighted by molar-refractivity contribution is 6.87. The van der Waals surface area contributed by atoms with Crippen LogP contribution < -0.4 is 0 Å². The molecule has 0 spiro atoms. The minimum absolute atomic E-state index is 0.109. The first kappa shape index (κ1) is 21.9. The first-order valence-corrected chi connectivity index (χ1v) is 14.6. The molecule has 0 unspecified atom stereocenters. The predicted molar refractivity (Wildman–Crippen MR) is 124 cm³/mol. The molecule has 2 saturated carbocycles. The summed E-state index contributed by atoms with van der Waals surface area (Å²) in [4.78, 5) is 0. The Hall–Kier alpha value is -1.28. The fourth-order valence-electron chi connectivity index (χ4n) is 7.11. The van der Waals surface area contributed by atoms with Gasteiger partial charge in [-0.3, -0.25) is 0 Å². The summed E-state index contributed by atoms with van der Waals surface area (Å²) in [6.45, 7) is 8.95. The first-order valence-electron chi connectivity index (χ1n) is 12.0. The van der Waals surface area contributed by atoms with Crippen molar-refractivity contribution in [3.63, 3.8) is 0 Å². The van der Waals surface area contributed by atoms with Gasteiger partial charge in [-0.2, -0.15) is 0 Å². The summed E-state index contributed by atoms with van der Waals surface area (Å²) in [6.07, 6.45) is 3.79. The minimum atomic E-state index is -1.63. The van der Waals surface area contributed by atoms with E-state index in [9.17, 15) is 15.3 Å². The maximum absolute atomic E-state index is 11.8.